The first kappa shape index (κ1) is 29.2. The maximum Gasteiger partial charge on any atom is 0.294 e. The summed E-state index contributed by atoms with van der Waals surface area (Å²) in [5.41, 5.74) is 14.2. The number of aromatic nitrogens is 2. The molecule has 2 amide bonds. The van der Waals surface area contributed by atoms with Gasteiger partial charge in [0.2, 0.25) is 5.91 Å². The van der Waals surface area contributed by atoms with E-state index in [0.29, 0.717) is 33.6 Å². The van der Waals surface area contributed by atoms with Gasteiger partial charge >= 0.3 is 0 Å². The fourth-order valence-electron chi connectivity index (χ4n) is 4.48. The summed E-state index contributed by atoms with van der Waals surface area (Å²) in [7, 11) is 0. The average Bonchev–Trinajstić information content (AvgIpc) is 3.30. The van der Waals surface area contributed by atoms with Gasteiger partial charge in [0, 0.05) is 35.4 Å². The Morgan fingerprint density at radius 1 is 1.12 bits per heavy atom. The molecule has 0 saturated heterocycles. The number of halogens is 1. The summed E-state index contributed by atoms with van der Waals surface area (Å²) in [6.45, 7) is 7.54. The second kappa shape index (κ2) is 12.2. The first-order valence-corrected chi connectivity index (χ1v) is 13.4. The van der Waals surface area contributed by atoms with Crippen molar-refractivity contribution in [3.63, 3.8) is 0 Å². The zero-order valence-corrected chi connectivity index (χ0v) is 23.5. The molecule has 1 aliphatic rings. The number of amides is 2. The lowest BCUT2D eigenvalue weighted by Gasteiger charge is -2.17. The number of hydrogen-bond donors (Lipinski definition) is 5. The van der Waals surface area contributed by atoms with Crippen molar-refractivity contribution in [1.82, 2.24) is 20.2 Å². The van der Waals surface area contributed by atoms with Crippen LogP contribution in [0, 0.1) is 5.82 Å². The third-order valence-electron chi connectivity index (χ3n) is 6.68. The van der Waals surface area contributed by atoms with E-state index in [4.69, 9.17) is 11.5 Å². The number of nitrogens with zero attached hydrogens (tertiary/aromatic N) is 3. The highest BCUT2D eigenvalue weighted by Gasteiger charge is 2.21. The van der Waals surface area contributed by atoms with Gasteiger partial charge in [0.25, 0.3) is 11.5 Å². The Balaban J connectivity index is 1.63. The standard InChI is InChI=1S/C29H35FN8O3/c1-5-16(4)37-28(40)19-8-18(9-21(31)10-19)23-13-35-27(36-15(2)3)29(41)38(23)14-24(39)33-11-17-6-20-12-34-26(32)25(20)22(30)7-17/h6-10,13,15-16H,5,11-12,14,31H2,1-4H3,(H2,32,34)(H,33,39)(H,35,36)(H,37,40)/t16-/m0/s1. The SMILES string of the molecule is CC[C@H](C)NC(=O)c1cc(N)cc(-c2cnc(NC(C)C)c(=O)n2CC(=O)NCc2cc(F)c3c(c2)CN=C3N)c1. The van der Waals surface area contributed by atoms with E-state index in [-0.39, 0.29) is 54.8 Å². The topological polar surface area (TPSA) is 170 Å². The van der Waals surface area contributed by atoms with E-state index in [9.17, 15) is 18.8 Å². The number of fused-ring (bicyclic) bond motifs is 1. The lowest BCUT2D eigenvalue weighted by atomic mass is 10.0. The van der Waals surface area contributed by atoms with Crippen LogP contribution in [-0.2, 0) is 24.4 Å². The van der Waals surface area contributed by atoms with Gasteiger partial charge in [-0.3, -0.25) is 23.9 Å². The second-order valence-corrected chi connectivity index (χ2v) is 10.4. The minimum absolute atomic E-state index is 0.0351. The van der Waals surface area contributed by atoms with E-state index >= 15 is 0 Å². The van der Waals surface area contributed by atoms with Crippen LogP contribution < -0.4 is 33.0 Å². The van der Waals surface area contributed by atoms with Crippen molar-refractivity contribution >= 4 is 29.2 Å². The molecule has 11 nitrogen and oxygen atoms in total. The van der Waals surface area contributed by atoms with Crippen LogP contribution in [0.25, 0.3) is 11.3 Å². The molecule has 3 aromatic rings. The minimum Gasteiger partial charge on any atom is -0.399 e. The van der Waals surface area contributed by atoms with E-state index in [1.807, 2.05) is 27.7 Å². The molecule has 2 aromatic carbocycles. The van der Waals surface area contributed by atoms with E-state index in [1.165, 1.54) is 16.8 Å². The van der Waals surface area contributed by atoms with Gasteiger partial charge in [-0.15, -0.1) is 0 Å². The van der Waals surface area contributed by atoms with Gasteiger partial charge in [-0.2, -0.15) is 0 Å². The van der Waals surface area contributed by atoms with E-state index in [1.54, 1.807) is 24.3 Å². The highest BCUT2D eigenvalue weighted by molar-refractivity contribution is 6.01. The Hall–Kier alpha value is -4.74. The maximum atomic E-state index is 14.6. The van der Waals surface area contributed by atoms with E-state index in [2.05, 4.69) is 25.9 Å². The molecule has 0 spiro atoms. The summed E-state index contributed by atoms with van der Waals surface area (Å²) >= 11 is 0. The second-order valence-electron chi connectivity index (χ2n) is 10.4. The van der Waals surface area contributed by atoms with Gasteiger partial charge in [-0.1, -0.05) is 13.0 Å². The summed E-state index contributed by atoms with van der Waals surface area (Å²) in [6, 6.07) is 7.69. The minimum atomic E-state index is -0.518. The number of carbonyl (C=O) groups is 2. The predicted octanol–water partition coefficient (Wildman–Crippen LogP) is 2.52. The van der Waals surface area contributed by atoms with Crippen LogP contribution in [0.3, 0.4) is 0 Å². The number of nitrogen functional groups attached to an aromatic ring is 1. The number of rotatable bonds is 10. The van der Waals surface area contributed by atoms with Crippen LogP contribution in [0.15, 0.2) is 46.3 Å². The molecule has 0 fully saturated rings. The average molecular weight is 563 g/mol. The number of hydrogen-bond acceptors (Lipinski definition) is 8. The largest absolute Gasteiger partial charge is 0.399 e. The quantitative estimate of drug-likeness (QED) is 0.236. The number of benzene rings is 2. The summed E-state index contributed by atoms with van der Waals surface area (Å²) in [5.74, 6) is -1.05. The summed E-state index contributed by atoms with van der Waals surface area (Å²) in [6.07, 6.45) is 2.22. The molecule has 0 saturated carbocycles. The maximum absolute atomic E-state index is 14.6. The number of carbonyl (C=O) groups excluding carboxylic acids is 2. The van der Waals surface area contributed by atoms with E-state index < -0.39 is 17.3 Å². The molecule has 1 aromatic heterocycles. The molecule has 7 N–H and O–H groups in total. The number of anilines is 2. The molecule has 2 heterocycles. The molecule has 4 rings (SSSR count). The van der Waals surface area contributed by atoms with Gasteiger partial charge in [-0.05, 0) is 62.6 Å². The Morgan fingerprint density at radius 2 is 1.88 bits per heavy atom. The van der Waals surface area contributed by atoms with Crippen molar-refractivity contribution in [3.8, 4) is 11.3 Å². The third kappa shape index (κ3) is 6.71. The molecule has 0 aliphatic carbocycles. The summed E-state index contributed by atoms with van der Waals surface area (Å²) in [5, 5.41) is 8.65. The van der Waals surface area contributed by atoms with Crippen LogP contribution >= 0.6 is 0 Å². The van der Waals surface area contributed by atoms with Gasteiger partial charge in [-0.25, -0.2) is 9.37 Å². The Labute approximate surface area is 237 Å². The number of nitrogens with two attached hydrogens (primary N) is 2. The number of aliphatic imine (C=N–C) groups is 1. The van der Waals surface area contributed by atoms with Crippen LogP contribution in [0.2, 0.25) is 0 Å². The van der Waals surface area contributed by atoms with Crippen molar-refractivity contribution in [1.29, 1.82) is 0 Å². The molecular formula is C29H35FN8O3. The Morgan fingerprint density at radius 3 is 2.59 bits per heavy atom. The van der Waals surface area contributed by atoms with Crippen LogP contribution in [0.1, 0.15) is 61.2 Å². The molecule has 0 unspecified atom stereocenters. The first-order chi connectivity index (χ1) is 19.5. The first-order valence-electron chi connectivity index (χ1n) is 13.4. The highest BCUT2D eigenvalue weighted by Crippen LogP contribution is 2.24. The third-order valence-corrected chi connectivity index (χ3v) is 6.68. The zero-order chi connectivity index (χ0) is 29.8. The smallest absolute Gasteiger partial charge is 0.294 e. The summed E-state index contributed by atoms with van der Waals surface area (Å²) in [4.78, 5) is 47.7. The number of nitrogens with one attached hydrogen (secondary N) is 3. The molecule has 0 bridgehead atoms. The lowest BCUT2D eigenvalue weighted by Crippen LogP contribution is -2.35. The Bertz CT molecular complexity index is 1580. The zero-order valence-electron chi connectivity index (χ0n) is 23.5. The lowest BCUT2D eigenvalue weighted by molar-refractivity contribution is -0.121. The van der Waals surface area contributed by atoms with Crippen molar-refractivity contribution in [2.75, 3.05) is 11.1 Å². The summed E-state index contributed by atoms with van der Waals surface area (Å²) < 4.78 is 15.8. The normalized spacial score (nSPS) is 13.0. The number of amidine groups is 1. The Kier molecular flexibility index (Phi) is 8.70. The predicted molar refractivity (Wildman–Crippen MR) is 157 cm³/mol. The van der Waals surface area contributed by atoms with Crippen LogP contribution in [0.5, 0.6) is 0 Å². The van der Waals surface area contributed by atoms with Crippen molar-refractivity contribution < 1.29 is 14.0 Å². The van der Waals surface area contributed by atoms with Gasteiger partial charge in [0.1, 0.15) is 18.2 Å². The van der Waals surface area contributed by atoms with Crippen LogP contribution in [0.4, 0.5) is 15.9 Å². The molecule has 12 heteroatoms. The van der Waals surface area contributed by atoms with Crippen LogP contribution in [-0.4, -0.2) is 39.3 Å². The van der Waals surface area contributed by atoms with Gasteiger partial charge in [0.05, 0.1) is 24.0 Å². The molecule has 1 aliphatic heterocycles. The van der Waals surface area contributed by atoms with Crippen molar-refractivity contribution in [3.05, 3.63) is 75.0 Å². The molecule has 0 radical (unpaired) electrons. The fraction of sp³-hybridized carbons (Fsp3) is 0.345. The van der Waals surface area contributed by atoms with Gasteiger partial charge in [0.15, 0.2) is 5.82 Å². The van der Waals surface area contributed by atoms with E-state index in [0.717, 1.165) is 6.42 Å². The molecule has 216 valence electrons. The fourth-order valence-corrected chi connectivity index (χ4v) is 4.48. The highest BCUT2D eigenvalue weighted by atomic mass is 19.1. The van der Waals surface area contributed by atoms with Gasteiger partial charge < -0.3 is 27.4 Å². The monoisotopic (exact) mass is 562 g/mol. The van der Waals surface area contributed by atoms with Crippen molar-refractivity contribution in [2.45, 2.75) is 65.8 Å². The van der Waals surface area contributed by atoms with Crippen molar-refractivity contribution in [2.24, 2.45) is 10.7 Å². The molecular weight excluding hydrogens is 527 g/mol. The molecule has 1 atom stereocenters. The molecule has 41 heavy (non-hydrogen) atoms.